The predicted molar refractivity (Wildman–Crippen MR) is 117 cm³/mol. The van der Waals surface area contributed by atoms with Gasteiger partial charge in [0, 0.05) is 19.5 Å². The minimum absolute atomic E-state index is 0.0359. The van der Waals surface area contributed by atoms with Gasteiger partial charge in [0.25, 0.3) is 5.91 Å². The molecule has 0 radical (unpaired) electrons. The summed E-state index contributed by atoms with van der Waals surface area (Å²) < 4.78 is 63.0. The molecule has 190 valence electrons. The molecule has 1 aromatic carbocycles. The molecule has 0 aliphatic heterocycles. The SMILES string of the molecule is O=C(CCCNC(=O)C(F)(F)F)c1ccc(C(=O)NC[C@H](NS(=O)(=O)c2ccccc2)C(=O)O)s1. The molecule has 0 aliphatic rings. The second kappa shape index (κ2) is 11.9. The van der Waals surface area contributed by atoms with Gasteiger partial charge in [0.15, 0.2) is 5.78 Å². The minimum atomic E-state index is -5.01. The number of carboxylic acids is 1. The molecule has 0 saturated heterocycles. The Morgan fingerprint density at radius 3 is 2.20 bits per heavy atom. The van der Waals surface area contributed by atoms with E-state index in [4.69, 9.17) is 0 Å². The summed E-state index contributed by atoms with van der Waals surface area (Å²) in [7, 11) is -4.16. The zero-order valence-electron chi connectivity index (χ0n) is 17.8. The average Bonchev–Trinajstić information content (AvgIpc) is 3.29. The molecule has 1 atom stereocenters. The fraction of sp³-hybridized carbons (Fsp3) is 0.300. The number of ketones is 1. The summed E-state index contributed by atoms with van der Waals surface area (Å²) >= 11 is 0.773. The Balaban J connectivity index is 1.89. The second-order valence-electron chi connectivity index (χ2n) is 6.98. The molecule has 1 heterocycles. The molecule has 2 aromatic rings. The van der Waals surface area contributed by atoms with E-state index in [0.717, 1.165) is 11.3 Å². The summed E-state index contributed by atoms with van der Waals surface area (Å²) in [6.07, 6.45) is -5.25. The number of thiophene rings is 1. The molecule has 0 saturated carbocycles. The van der Waals surface area contributed by atoms with Crippen LogP contribution in [0.1, 0.15) is 32.2 Å². The Kier molecular flexibility index (Phi) is 9.50. The van der Waals surface area contributed by atoms with Crippen molar-refractivity contribution in [2.75, 3.05) is 13.1 Å². The molecule has 35 heavy (non-hydrogen) atoms. The van der Waals surface area contributed by atoms with E-state index in [2.05, 4.69) is 5.32 Å². The van der Waals surface area contributed by atoms with Crippen LogP contribution in [0, 0.1) is 0 Å². The molecule has 2 amide bonds. The lowest BCUT2D eigenvalue weighted by Gasteiger charge is -2.15. The Hall–Kier alpha value is -3.30. The van der Waals surface area contributed by atoms with Gasteiger partial charge in [0.05, 0.1) is 14.6 Å². The molecule has 0 unspecified atom stereocenters. The van der Waals surface area contributed by atoms with Gasteiger partial charge >= 0.3 is 18.1 Å². The Bertz CT molecular complexity index is 1180. The summed E-state index contributed by atoms with van der Waals surface area (Å²) in [4.78, 5) is 46.7. The van der Waals surface area contributed by atoms with Crippen molar-refractivity contribution >= 4 is 44.9 Å². The second-order valence-corrected chi connectivity index (χ2v) is 9.78. The number of Topliss-reactive ketones (excluding diaryl/α,β-unsaturated/α-hetero) is 1. The third-order valence-corrected chi connectivity index (χ3v) is 6.96. The topological polar surface area (TPSA) is 159 Å². The van der Waals surface area contributed by atoms with E-state index in [1.54, 1.807) is 11.4 Å². The van der Waals surface area contributed by atoms with Crippen LogP contribution in [0.4, 0.5) is 13.2 Å². The number of alkyl halides is 3. The zero-order chi connectivity index (χ0) is 26.2. The maximum absolute atomic E-state index is 12.3. The predicted octanol–water partition coefficient (Wildman–Crippen LogP) is 1.55. The van der Waals surface area contributed by atoms with E-state index >= 15 is 0 Å². The first kappa shape index (κ1) is 27.9. The molecule has 1 aromatic heterocycles. The number of nitrogens with one attached hydrogen (secondary N) is 3. The molecule has 10 nitrogen and oxygen atoms in total. The summed E-state index contributed by atoms with van der Waals surface area (Å²) in [6.45, 7) is -0.946. The molecule has 15 heteroatoms. The van der Waals surface area contributed by atoms with Crippen molar-refractivity contribution in [2.45, 2.75) is 30.0 Å². The maximum Gasteiger partial charge on any atom is 0.471 e. The van der Waals surface area contributed by atoms with Gasteiger partial charge < -0.3 is 15.7 Å². The lowest BCUT2D eigenvalue weighted by Crippen LogP contribution is -2.48. The quantitative estimate of drug-likeness (QED) is 0.237. The van der Waals surface area contributed by atoms with Gasteiger partial charge in [-0.2, -0.15) is 17.9 Å². The third-order valence-electron chi connectivity index (χ3n) is 4.34. The summed E-state index contributed by atoms with van der Waals surface area (Å²) in [5.74, 6) is -4.85. The first-order valence-electron chi connectivity index (χ1n) is 9.87. The van der Waals surface area contributed by atoms with Crippen molar-refractivity contribution < 1.29 is 45.9 Å². The highest BCUT2D eigenvalue weighted by Crippen LogP contribution is 2.19. The van der Waals surface area contributed by atoms with Crippen LogP contribution in [0.2, 0.25) is 0 Å². The number of carbonyl (C=O) groups is 4. The van der Waals surface area contributed by atoms with E-state index in [0.29, 0.717) is 0 Å². The summed E-state index contributed by atoms with van der Waals surface area (Å²) in [5.41, 5.74) is 0. The molecular weight excluding hydrogens is 515 g/mol. The van der Waals surface area contributed by atoms with E-state index in [9.17, 15) is 45.9 Å². The first-order valence-corrected chi connectivity index (χ1v) is 12.2. The van der Waals surface area contributed by atoms with Crippen LogP contribution in [0.25, 0.3) is 0 Å². The monoisotopic (exact) mass is 535 g/mol. The molecule has 0 fully saturated rings. The largest absolute Gasteiger partial charge is 0.480 e. The third kappa shape index (κ3) is 8.45. The molecule has 0 aliphatic carbocycles. The van der Waals surface area contributed by atoms with Crippen LogP contribution in [0.15, 0.2) is 47.4 Å². The Morgan fingerprint density at radius 2 is 1.60 bits per heavy atom. The van der Waals surface area contributed by atoms with Gasteiger partial charge in [-0.05, 0) is 30.7 Å². The minimum Gasteiger partial charge on any atom is -0.480 e. The number of sulfonamides is 1. The average molecular weight is 536 g/mol. The van der Waals surface area contributed by atoms with Gasteiger partial charge in [-0.15, -0.1) is 11.3 Å². The normalized spacial score (nSPS) is 12.5. The van der Waals surface area contributed by atoms with Crippen molar-refractivity contribution in [2.24, 2.45) is 0 Å². The van der Waals surface area contributed by atoms with E-state index in [-0.39, 0.29) is 34.0 Å². The number of hydrogen-bond acceptors (Lipinski definition) is 7. The number of benzene rings is 1. The fourth-order valence-corrected chi connectivity index (χ4v) is 4.70. The highest BCUT2D eigenvalue weighted by Gasteiger charge is 2.38. The van der Waals surface area contributed by atoms with Crippen LogP contribution in [-0.4, -0.2) is 62.4 Å². The Morgan fingerprint density at radius 1 is 0.971 bits per heavy atom. The first-order chi connectivity index (χ1) is 16.3. The van der Waals surface area contributed by atoms with E-state index in [1.165, 1.54) is 36.4 Å². The molecular formula is C20H20F3N3O7S2. The zero-order valence-corrected chi connectivity index (χ0v) is 19.4. The van der Waals surface area contributed by atoms with Gasteiger partial charge in [0.1, 0.15) is 6.04 Å². The van der Waals surface area contributed by atoms with Crippen LogP contribution >= 0.6 is 11.3 Å². The molecule has 4 N–H and O–H groups in total. The fourth-order valence-electron chi connectivity index (χ4n) is 2.60. The van der Waals surface area contributed by atoms with Gasteiger partial charge in [0.2, 0.25) is 10.0 Å². The van der Waals surface area contributed by atoms with Crippen LogP contribution < -0.4 is 15.4 Å². The molecule has 0 spiro atoms. The van der Waals surface area contributed by atoms with Crippen molar-refractivity contribution in [3.05, 3.63) is 52.2 Å². The van der Waals surface area contributed by atoms with Crippen LogP contribution in [-0.2, 0) is 19.6 Å². The number of amides is 2. The lowest BCUT2D eigenvalue weighted by atomic mass is 10.2. The molecule has 2 rings (SSSR count). The van der Waals surface area contributed by atoms with Crippen molar-refractivity contribution in [3.8, 4) is 0 Å². The van der Waals surface area contributed by atoms with Crippen LogP contribution in [0.5, 0.6) is 0 Å². The Labute approximate surface area is 201 Å². The summed E-state index contributed by atoms with van der Waals surface area (Å²) in [6, 6.07) is 7.99. The number of carbonyl (C=O) groups excluding carboxylic acids is 3. The van der Waals surface area contributed by atoms with Gasteiger partial charge in [-0.3, -0.25) is 19.2 Å². The number of carboxylic acid groups (broad SMARTS) is 1. The lowest BCUT2D eigenvalue weighted by molar-refractivity contribution is -0.173. The highest BCUT2D eigenvalue weighted by molar-refractivity contribution is 7.89. The highest BCUT2D eigenvalue weighted by atomic mass is 32.2. The van der Waals surface area contributed by atoms with Crippen molar-refractivity contribution in [3.63, 3.8) is 0 Å². The van der Waals surface area contributed by atoms with Crippen molar-refractivity contribution in [1.29, 1.82) is 0 Å². The number of aliphatic carboxylic acids is 1. The number of rotatable bonds is 12. The van der Waals surface area contributed by atoms with E-state index < -0.39 is 52.4 Å². The van der Waals surface area contributed by atoms with Gasteiger partial charge in [-0.25, -0.2) is 8.42 Å². The molecule has 0 bridgehead atoms. The van der Waals surface area contributed by atoms with Gasteiger partial charge in [-0.1, -0.05) is 18.2 Å². The van der Waals surface area contributed by atoms with Crippen molar-refractivity contribution in [1.82, 2.24) is 15.4 Å². The smallest absolute Gasteiger partial charge is 0.471 e. The number of hydrogen-bond donors (Lipinski definition) is 4. The number of halogens is 3. The maximum atomic E-state index is 12.3. The standard InChI is InChI=1S/C20H20F3N3O7S2/c21-20(22,23)19(31)24-10-4-7-14(27)15-8-9-16(34-15)17(28)25-11-13(18(29)30)26-35(32,33)12-5-2-1-3-6-12/h1-3,5-6,8-9,13,26H,4,7,10-11H2,(H,24,31)(H,25,28)(H,29,30)/t13-/m0/s1. The van der Waals surface area contributed by atoms with E-state index in [1.807, 2.05) is 4.72 Å². The van der Waals surface area contributed by atoms with Crippen LogP contribution in [0.3, 0.4) is 0 Å². The summed E-state index contributed by atoms with van der Waals surface area (Å²) in [5, 5.41) is 13.2.